The lowest BCUT2D eigenvalue weighted by molar-refractivity contribution is -0.143. The van der Waals surface area contributed by atoms with Gasteiger partial charge in [-0.05, 0) is 25.2 Å². The first-order chi connectivity index (χ1) is 9.99. The molecule has 0 saturated heterocycles. The lowest BCUT2D eigenvalue weighted by atomic mass is 9.86. The maximum absolute atomic E-state index is 11.7. The number of rotatable bonds is 9. The van der Waals surface area contributed by atoms with Crippen LogP contribution < -0.4 is 5.32 Å². The third-order valence-electron chi connectivity index (χ3n) is 4.02. The zero-order valence-electron chi connectivity index (χ0n) is 12.3. The van der Waals surface area contributed by atoms with E-state index in [1.165, 1.54) is 32.1 Å². The van der Waals surface area contributed by atoms with E-state index >= 15 is 0 Å². The fraction of sp³-hybridized carbons (Fsp3) is 0.800. The Kier molecular flexibility index (Phi) is 7.79. The normalized spacial score (nSPS) is 17.1. The van der Waals surface area contributed by atoms with Gasteiger partial charge in [0.25, 0.3) is 0 Å². The third-order valence-corrected chi connectivity index (χ3v) is 4.02. The van der Waals surface area contributed by atoms with Gasteiger partial charge in [-0.2, -0.15) is 0 Å². The lowest BCUT2D eigenvalue weighted by Gasteiger charge is -2.21. The smallest absolute Gasteiger partial charge is 0.326 e. The van der Waals surface area contributed by atoms with Crippen molar-refractivity contribution in [2.24, 2.45) is 5.92 Å². The van der Waals surface area contributed by atoms with Gasteiger partial charge >= 0.3 is 11.9 Å². The zero-order chi connectivity index (χ0) is 15.7. The molecular formula is C15H25NO5. The molecule has 21 heavy (non-hydrogen) atoms. The summed E-state index contributed by atoms with van der Waals surface area (Å²) < 4.78 is 0. The van der Waals surface area contributed by atoms with Gasteiger partial charge in [0.05, 0.1) is 0 Å². The molecule has 1 atom stereocenters. The van der Waals surface area contributed by atoms with Gasteiger partial charge in [0.1, 0.15) is 6.04 Å². The van der Waals surface area contributed by atoms with Gasteiger partial charge in [0.2, 0.25) is 5.91 Å². The van der Waals surface area contributed by atoms with Gasteiger partial charge < -0.3 is 15.5 Å². The van der Waals surface area contributed by atoms with Crippen LogP contribution in [0.4, 0.5) is 0 Å². The number of aliphatic carboxylic acids is 2. The van der Waals surface area contributed by atoms with E-state index in [2.05, 4.69) is 5.32 Å². The molecule has 1 amide bonds. The number of hydrogen-bond donors (Lipinski definition) is 3. The summed E-state index contributed by atoms with van der Waals surface area (Å²) in [5.74, 6) is -1.85. The molecule has 0 aliphatic heterocycles. The highest BCUT2D eigenvalue weighted by atomic mass is 16.4. The van der Waals surface area contributed by atoms with Gasteiger partial charge in [-0.1, -0.05) is 32.1 Å². The summed E-state index contributed by atoms with van der Waals surface area (Å²) in [6.07, 6.45) is 8.06. The van der Waals surface area contributed by atoms with E-state index in [9.17, 15) is 14.4 Å². The molecule has 120 valence electrons. The van der Waals surface area contributed by atoms with Crippen LogP contribution in [0.5, 0.6) is 0 Å². The lowest BCUT2D eigenvalue weighted by Crippen LogP contribution is -2.41. The van der Waals surface area contributed by atoms with E-state index in [0.717, 1.165) is 12.8 Å². The van der Waals surface area contributed by atoms with Crippen LogP contribution in [0.3, 0.4) is 0 Å². The van der Waals surface area contributed by atoms with Crippen molar-refractivity contribution in [3.8, 4) is 0 Å². The number of carboxylic acid groups (broad SMARTS) is 2. The highest BCUT2D eigenvalue weighted by Crippen LogP contribution is 2.27. The standard InChI is InChI=1S/C15H25NO5/c17-13(8-4-7-11-5-2-1-3-6-11)16-12(15(20)21)9-10-14(18)19/h11-12H,1-10H2,(H,16,17)(H,18,19)(H,20,21). The fourth-order valence-electron chi connectivity index (χ4n) is 2.82. The Morgan fingerprint density at radius 1 is 1.05 bits per heavy atom. The van der Waals surface area contributed by atoms with Crippen LogP contribution in [0.2, 0.25) is 0 Å². The van der Waals surface area contributed by atoms with Crippen molar-refractivity contribution >= 4 is 17.8 Å². The molecule has 0 radical (unpaired) electrons. The summed E-state index contributed by atoms with van der Waals surface area (Å²) in [4.78, 5) is 33.1. The highest BCUT2D eigenvalue weighted by molar-refractivity contribution is 5.83. The average Bonchev–Trinajstić information content (AvgIpc) is 2.44. The van der Waals surface area contributed by atoms with E-state index in [-0.39, 0.29) is 18.7 Å². The summed E-state index contributed by atoms with van der Waals surface area (Å²) in [5, 5.41) is 19.9. The predicted octanol–water partition coefficient (Wildman–Crippen LogP) is 2.17. The first kappa shape index (κ1) is 17.5. The van der Waals surface area contributed by atoms with E-state index < -0.39 is 18.0 Å². The van der Waals surface area contributed by atoms with Crippen LogP contribution in [0.25, 0.3) is 0 Å². The second kappa shape index (κ2) is 9.37. The van der Waals surface area contributed by atoms with Crippen LogP contribution >= 0.6 is 0 Å². The molecule has 1 saturated carbocycles. The minimum absolute atomic E-state index is 0.0843. The Hall–Kier alpha value is -1.59. The number of carbonyl (C=O) groups excluding carboxylic acids is 1. The van der Waals surface area contributed by atoms with Gasteiger partial charge in [-0.3, -0.25) is 9.59 Å². The Bertz CT molecular complexity index is 363. The molecule has 1 fully saturated rings. The molecule has 0 aromatic heterocycles. The van der Waals surface area contributed by atoms with Crippen LogP contribution in [0.1, 0.15) is 64.2 Å². The number of hydrogen-bond acceptors (Lipinski definition) is 3. The van der Waals surface area contributed by atoms with E-state index in [1.54, 1.807) is 0 Å². The first-order valence-electron chi connectivity index (χ1n) is 7.73. The molecular weight excluding hydrogens is 274 g/mol. The molecule has 1 unspecified atom stereocenters. The molecule has 6 nitrogen and oxygen atoms in total. The van der Waals surface area contributed by atoms with Crippen LogP contribution in [0, 0.1) is 5.92 Å². The third kappa shape index (κ3) is 7.68. The molecule has 1 rings (SSSR count). The number of carbonyl (C=O) groups is 3. The molecule has 0 heterocycles. The summed E-state index contributed by atoms with van der Waals surface area (Å²) in [5.41, 5.74) is 0. The Morgan fingerprint density at radius 3 is 2.29 bits per heavy atom. The molecule has 0 aromatic carbocycles. The SMILES string of the molecule is O=C(O)CCC(NC(=O)CCCC1CCCCC1)C(=O)O. The van der Waals surface area contributed by atoms with Crippen molar-refractivity contribution in [1.29, 1.82) is 0 Å². The predicted molar refractivity (Wildman–Crippen MR) is 76.9 cm³/mol. The maximum Gasteiger partial charge on any atom is 0.326 e. The number of amides is 1. The molecule has 6 heteroatoms. The van der Waals surface area contributed by atoms with Crippen LogP contribution in [-0.2, 0) is 14.4 Å². The largest absolute Gasteiger partial charge is 0.481 e. The summed E-state index contributed by atoms with van der Waals surface area (Å²) in [7, 11) is 0. The first-order valence-corrected chi connectivity index (χ1v) is 7.73. The van der Waals surface area contributed by atoms with Crippen molar-refractivity contribution in [1.82, 2.24) is 5.32 Å². The van der Waals surface area contributed by atoms with Crippen molar-refractivity contribution < 1.29 is 24.6 Å². The summed E-state index contributed by atoms with van der Waals surface area (Å²) >= 11 is 0. The van der Waals surface area contributed by atoms with E-state index in [1.807, 2.05) is 0 Å². The fourth-order valence-corrected chi connectivity index (χ4v) is 2.82. The highest BCUT2D eigenvalue weighted by Gasteiger charge is 2.21. The maximum atomic E-state index is 11.7. The van der Waals surface area contributed by atoms with Gasteiger partial charge in [0.15, 0.2) is 0 Å². The monoisotopic (exact) mass is 299 g/mol. The van der Waals surface area contributed by atoms with Gasteiger partial charge in [-0.15, -0.1) is 0 Å². The Labute approximate surface area is 124 Å². The molecule has 1 aliphatic carbocycles. The van der Waals surface area contributed by atoms with Crippen LogP contribution in [-0.4, -0.2) is 34.1 Å². The zero-order valence-corrected chi connectivity index (χ0v) is 12.3. The summed E-state index contributed by atoms with van der Waals surface area (Å²) in [6.45, 7) is 0. The number of nitrogens with one attached hydrogen (secondary N) is 1. The minimum Gasteiger partial charge on any atom is -0.481 e. The van der Waals surface area contributed by atoms with Crippen molar-refractivity contribution in [2.75, 3.05) is 0 Å². The molecule has 0 spiro atoms. The van der Waals surface area contributed by atoms with Gasteiger partial charge in [0, 0.05) is 12.8 Å². The molecule has 3 N–H and O–H groups in total. The summed E-state index contributed by atoms with van der Waals surface area (Å²) in [6, 6.07) is -1.11. The molecule has 0 aromatic rings. The van der Waals surface area contributed by atoms with Crippen molar-refractivity contribution in [3.05, 3.63) is 0 Å². The molecule has 1 aliphatic rings. The molecule has 0 bridgehead atoms. The second-order valence-electron chi connectivity index (χ2n) is 5.79. The van der Waals surface area contributed by atoms with E-state index in [0.29, 0.717) is 12.3 Å². The topological polar surface area (TPSA) is 104 Å². The quantitative estimate of drug-likeness (QED) is 0.605. The van der Waals surface area contributed by atoms with Crippen LogP contribution in [0.15, 0.2) is 0 Å². The minimum atomic E-state index is -1.18. The average molecular weight is 299 g/mol. The van der Waals surface area contributed by atoms with Gasteiger partial charge in [-0.25, -0.2) is 4.79 Å². The Morgan fingerprint density at radius 2 is 1.71 bits per heavy atom. The second-order valence-corrected chi connectivity index (χ2v) is 5.79. The number of carboxylic acids is 2. The van der Waals surface area contributed by atoms with Crippen molar-refractivity contribution in [2.45, 2.75) is 70.3 Å². The Balaban J connectivity index is 2.22. The van der Waals surface area contributed by atoms with E-state index in [4.69, 9.17) is 10.2 Å². The van der Waals surface area contributed by atoms with Crippen molar-refractivity contribution in [3.63, 3.8) is 0 Å².